The molecule has 4 nitrogen and oxygen atoms in total. The highest BCUT2D eigenvalue weighted by Gasteiger charge is 2.16. The Morgan fingerprint density at radius 3 is 2.70 bits per heavy atom. The lowest BCUT2D eigenvalue weighted by molar-refractivity contribution is 0.500. The summed E-state index contributed by atoms with van der Waals surface area (Å²) < 4.78 is 2.00. The normalized spacial score (nSPS) is 12.8. The predicted molar refractivity (Wildman–Crippen MR) is 81.7 cm³/mol. The van der Waals surface area contributed by atoms with Crippen molar-refractivity contribution in [3.8, 4) is 0 Å². The SMILES string of the molecule is CCNC(Cc1ccn(C(C)C)n1)c1ncccc1C. The van der Waals surface area contributed by atoms with Gasteiger partial charge in [-0.1, -0.05) is 13.0 Å². The summed E-state index contributed by atoms with van der Waals surface area (Å²) in [6.07, 6.45) is 4.78. The van der Waals surface area contributed by atoms with E-state index in [2.05, 4.69) is 55.2 Å². The lowest BCUT2D eigenvalue weighted by Gasteiger charge is -2.18. The van der Waals surface area contributed by atoms with Crippen molar-refractivity contribution in [1.29, 1.82) is 0 Å². The monoisotopic (exact) mass is 272 g/mol. The molecule has 0 aromatic carbocycles. The Labute approximate surface area is 121 Å². The van der Waals surface area contributed by atoms with Crippen molar-refractivity contribution in [2.75, 3.05) is 6.54 Å². The van der Waals surface area contributed by atoms with Gasteiger partial charge in [-0.05, 0) is 45.0 Å². The minimum absolute atomic E-state index is 0.219. The maximum atomic E-state index is 4.64. The van der Waals surface area contributed by atoms with Crippen LogP contribution in [-0.2, 0) is 6.42 Å². The van der Waals surface area contributed by atoms with Gasteiger partial charge >= 0.3 is 0 Å². The summed E-state index contributed by atoms with van der Waals surface area (Å²) in [4.78, 5) is 4.54. The van der Waals surface area contributed by atoms with Crippen LogP contribution in [0, 0.1) is 6.92 Å². The van der Waals surface area contributed by atoms with Gasteiger partial charge in [0.1, 0.15) is 0 Å². The van der Waals surface area contributed by atoms with Crippen LogP contribution < -0.4 is 5.32 Å². The molecule has 1 unspecified atom stereocenters. The summed E-state index contributed by atoms with van der Waals surface area (Å²) in [7, 11) is 0. The van der Waals surface area contributed by atoms with Gasteiger partial charge in [0.2, 0.25) is 0 Å². The molecule has 108 valence electrons. The number of likely N-dealkylation sites (N-methyl/N-ethyl adjacent to an activating group) is 1. The van der Waals surface area contributed by atoms with Crippen LogP contribution in [0.5, 0.6) is 0 Å². The van der Waals surface area contributed by atoms with Crippen LogP contribution in [0.4, 0.5) is 0 Å². The molecule has 2 aromatic rings. The molecule has 20 heavy (non-hydrogen) atoms. The lowest BCUT2D eigenvalue weighted by Crippen LogP contribution is -2.25. The van der Waals surface area contributed by atoms with Gasteiger partial charge in [-0.2, -0.15) is 5.10 Å². The van der Waals surface area contributed by atoms with Crippen LogP contribution in [0.15, 0.2) is 30.6 Å². The van der Waals surface area contributed by atoms with Crippen molar-refractivity contribution in [2.24, 2.45) is 0 Å². The Balaban J connectivity index is 2.19. The van der Waals surface area contributed by atoms with Crippen LogP contribution >= 0.6 is 0 Å². The van der Waals surface area contributed by atoms with E-state index in [1.165, 1.54) is 5.56 Å². The summed E-state index contributed by atoms with van der Waals surface area (Å²) in [5.74, 6) is 0. The third-order valence-electron chi connectivity index (χ3n) is 3.44. The Hall–Kier alpha value is -1.68. The van der Waals surface area contributed by atoms with Crippen molar-refractivity contribution in [1.82, 2.24) is 20.1 Å². The smallest absolute Gasteiger partial charge is 0.0644 e. The van der Waals surface area contributed by atoms with Crippen LogP contribution in [0.25, 0.3) is 0 Å². The molecule has 0 saturated carbocycles. The van der Waals surface area contributed by atoms with E-state index in [9.17, 15) is 0 Å². The largest absolute Gasteiger partial charge is 0.309 e. The van der Waals surface area contributed by atoms with E-state index >= 15 is 0 Å². The summed E-state index contributed by atoms with van der Waals surface area (Å²) in [6.45, 7) is 9.44. The van der Waals surface area contributed by atoms with Crippen LogP contribution in [0.3, 0.4) is 0 Å². The van der Waals surface area contributed by atoms with E-state index in [0.29, 0.717) is 6.04 Å². The van der Waals surface area contributed by atoms with Gasteiger partial charge in [-0.15, -0.1) is 0 Å². The Morgan fingerprint density at radius 2 is 2.10 bits per heavy atom. The summed E-state index contributed by atoms with van der Waals surface area (Å²) in [5.41, 5.74) is 3.45. The molecule has 0 saturated heterocycles. The van der Waals surface area contributed by atoms with Gasteiger partial charge in [0.05, 0.1) is 17.4 Å². The number of hydrogen-bond acceptors (Lipinski definition) is 3. The molecule has 2 aromatic heterocycles. The third-order valence-corrected chi connectivity index (χ3v) is 3.44. The molecule has 0 radical (unpaired) electrons. The topological polar surface area (TPSA) is 42.7 Å². The molecule has 0 aliphatic rings. The summed E-state index contributed by atoms with van der Waals surface area (Å²) >= 11 is 0. The zero-order chi connectivity index (χ0) is 14.5. The second kappa shape index (κ2) is 6.66. The van der Waals surface area contributed by atoms with Gasteiger partial charge in [0.25, 0.3) is 0 Å². The predicted octanol–water partition coefficient (Wildman–Crippen LogP) is 3.06. The average Bonchev–Trinajstić information content (AvgIpc) is 2.88. The molecular weight excluding hydrogens is 248 g/mol. The standard InChI is InChI=1S/C16H24N4/c1-5-17-15(16-13(4)7-6-9-18-16)11-14-8-10-20(19-14)12(2)3/h6-10,12,15,17H,5,11H2,1-4H3. The Kier molecular flexibility index (Phi) is 4.90. The second-order valence-corrected chi connectivity index (χ2v) is 5.40. The molecule has 0 aliphatic carbocycles. The first-order valence-corrected chi connectivity index (χ1v) is 7.30. The van der Waals surface area contributed by atoms with Crippen molar-refractivity contribution >= 4 is 0 Å². The highest BCUT2D eigenvalue weighted by molar-refractivity contribution is 5.22. The Bertz CT molecular complexity index is 545. The highest BCUT2D eigenvalue weighted by atomic mass is 15.3. The zero-order valence-corrected chi connectivity index (χ0v) is 12.8. The molecule has 0 bridgehead atoms. The number of aryl methyl sites for hydroxylation is 1. The molecule has 2 heterocycles. The van der Waals surface area contributed by atoms with E-state index in [1.807, 2.05) is 23.1 Å². The van der Waals surface area contributed by atoms with E-state index in [4.69, 9.17) is 0 Å². The number of nitrogens with zero attached hydrogens (tertiary/aromatic N) is 3. The van der Waals surface area contributed by atoms with Gasteiger partial charge in [-0.25, -0.2) is 0 Å². The fourth-order valence-corrected chi connectivity index (χ4v) is 2.36. The average molecular weight is 272 g/mol. The number of nitrogens with one attached hydrogen (secondary N) is 1. The molecular formula is C16H24N4. The Morgan fingerprint density at radius 1 is 1.30 bits per heavy atom. The van der Waals surface area contributed by atoms with Crippen molar-refractivity contribution in [3.63, 3.8) is 0 Å². The summed E-state index contributed by atoms with van der Waals surface area (Å²) in [5, 5.41) is 8.15. The van der Waals surface area contributed by atoms with Crippen LogP contribution in [-0.4, -0.2) is 21.3 Å². The van der Waals surface area contributed by atoms with E-state index in [1.54, 1.807) is 0 Å². The first kappa shape index (κ1) is 14.7. The number of hydrogen-bond donors (Lipinski definition) is 1. The molecule has 2 rings (SSSR count). The van der Waals surface area contributed by atoms with E-state index in [0.717, 1.165) is 24.4 Å². The van der Waals surface area contributed by atoms with E-state index in [-0.39, 0.29) is 6.04 Å². The van der Waals surface area contributed by atoms with Crippen molar-refractivity contribution in [2.45, 2.75) is 46.2 Å². The minimum Gasteiger partial charge on any atom is -0.309 e. The van der Waals surface area contributed by atoms with Crippen molar-refractivity contribution in [3.05, 3.63) is 47.5 Å². The minimum atomic E-state index is 0.219. The zero-order valence-electron chi connectivity index (χ0n) is 12.8. The van der Waals surface area contributed by atoms with Crippen LogP contribution in [0.1, 0.15) is 49.8 Å². The fourth-order valence-electron chi connectivity index (χ4n) is 2.36. The maximum absolute atomic E-state index is 4.64. The highest BCUT2D eigenvalue weighted by Crippen LogP contribution is 2.19. The number of aromatic nitrogens is 3. The molecule has 0 fully saturated rings. The van der Waals surface area contributed by atoms with Crippen molar-refractivity contribution < 1.29 is 0 Å². The fraction of sp³-hybridized carbons (Fsp3) is 0.500. The first-order valence-electron chi connectivity index (χ1n) is 7.30. The van der Waals surface area contributed by atoms with Gasteiger partial charge in [0, 0.05) is 24.9 Å². The van der Waals surface area contributed by atoms with Gasteiger partial charge in [0.15, 0.2) is 0 Å². The molecule has 1 N–H and O–H groups in total. The molecule has 0 spiro atoms. The third kappa shape index (κ3) is 3.45. The first-order chi connectivity index (χ1) is 9.61. The van der Waals surface area contributed by atoms with Gasteiger partial charge < -0.3 is 5.32 Å². The molecule has 1 atom stereocenters. The second-order valence-electron chi connectivity index (χ2n) is 5.40. The van der Waals surface area contributed by atoms with E-state index < -0.39 is 0 Å². The lowest BCUT2D eigenvalue weighted by atomic mass is 10.0. The quantitative estimate of drug-likeness (QED) is 0.879. The van der Waals surface area contributed by atoms with Crippen LogP contribution in [0.2, 0.25) is 0 Å². The number of pyridine rings is 1. The number of rotatable bonds is 6. The molecule has 4 heteroatoms. The van der Waals surface area contributed by atoms with Gasteiger partial charge in [-0.3, -0.25) is 9.67 Å². The molecule has 0 aliphatic heterocycles. The maximum Gasteiger partial charge on any atom is 0.0644 e. The molecule has 0 amide bonds. The summed E-state index contributed by atoms with van der Waals surface area (Å²) in [6, 6.07) is 6.81.